The molecule has 0 saturated carbocycles. The second-order valence-electron chi connectivity index (χ2n) is 8.57. The molecule has 1 aliphatic rings. The Bertz CT molecular complexity index is 1090. The van der Waals surface area contributed by atoms with Crippen molar-refractivity contribution in [3.63, 3.8) is 0 Å². The van der Waals surface area contributed by atoms with E-state index >= 15 is 0 Å². The topological polar surface area (TPSA) is 89.6 Å². The molecule has 2 aromatic rings. The SMILES string of the molecule is CCN(CC)CCNC(=O)[C@H]1c2cc(OC)c(OC)cc2C(=O)N(C)[C@@H]1c1ccc(OC)c(OC)c1. The lowest BCUT2D eigenvalue weighted by atomic mass is 9.79. The van der Waals surface area contributed by atoms with Crippen LogP contribution in [0.1, 0.15) is 47.3 Å². The number of fused-ring (bicyclic) bond motifs is 1. The average molecular weight is 500 g/mol. The van der Waals surface area contributed by atoms with Gasteiger partial charge in [0.15, 0.2) is 23.0 Å². The van der Waals surface area contributed by atoms with Gasteiger partial charge >= 0.3 is 0 Å². The molecule has 1 N–H and O–H groups in total. The van der Waals surface area contributed by atoms with E-state index in [4.69, 9.17) is 18.9 Å². The average Bonchev–Trinajstić information content (AvgIpc) is 2.91. The molecule has 36 heavy (non-hydrogen) atoms. The lowest BCUT2D eigenvalue weighted by Crippen LogP contribution is -2.46. The normalized spacial score (nSPS) is 17.0. The highest BCUT2D eigenvalue weighted by Gasteiger charge is 2.43. The van der Waals surface area contributed by atoms with E-state index in [9.17, 15) is 9.59 Å². The molecule has 0 bridgehead atoms. The molecule has 1 aliphatic heterocycles. The van der Waals surface area contributed by atoms with Crippen molar-refractivity contribution in [2.24, 2.45) is 0 Å². The molecule has 1 heterocycles. The quantitative estimate of drug-likeness (QED) is 0.508. The number of nitrogens with zero attached hydrogens (tertiary/aromatic N) is 2. The second kappa shape index (κ2) is 12.0. The highest BCUT2D eigenvalue weighted by molar-refractivity contribution is 6.02. The number of ether oxygens (including phenoxy) is 4. The van der Waals surface area contributed by atoms with E-state index in [2.05, 4.69) is 24.1 Å². The molecule has 0 fully saturated rings. The number of methoxy groups -OCH3 is 4. The van der Waals surface area contributed by atoms with Gasteiger partial charge in [0.1, 0.15) is 0 Å². The van der Waals surface area contributed by atoms with Crippen molar-refractivity contribution in [1.29, 1.82) is 0 Å². The van der Waals surface area contributed by atoms with Gasteiger partial charge < -0.3 is 34.1 Å². The van der Waals surface area contributed by atoms with Crippen LogP contribution in [-0.4, -0.2) is 83.3 Å². The smallest absolute Gasteiger partial charge is 0.254 e. The zero-order chi connectivity index (χ0) is 26.4. The first-order chi connectivity index (χ1) is 17.3. The summed E-state index contributed by atoms with van der Waals surface area (Å²) in [6.45, 7) is 7.23. The van der Waals surface area contributed by atoms with Crippen LogP contribution in [0.3, 0.4) is 0 Å². The van der Waals surface area contributed by atoms with Crippen LogP contribution in [0, 0.1) is 0 Å². The van der Waals surface area contributed by atoms with E-state index in [1.54, 1.807) is 44.4 Å². The van der Waals surface area contributed by atoms with E-state index in [-0.39, 0.29) is 11.8 Å². The number of rotatable bonds is 11. The molecular formula is C27H37N3O6. The maximum absolute atomic E-state index is 13.8. The van der Waals surface area contributed by atoms with Crippen LogP contribution >= 0.6 is 0 Å². The summed E-state index contributed by atoms with van der Waals surface area (Å²) in [5.74, 6) is 0.918. The fourth-order valence-corrected chi connectivity index (χ4v) is 4.77. The monoisotopic (exact) mass is 499 g/mol. The van der Waals surface area contributed by atoms with Gasteiger partial charge in [-0.25, -0.2) is 0 Å². The Kier molecular flexibility index (Phi) is 9.03. The van der Waals surface area contributed by atoms with E-state index in [1.165, 1.54) is 14.2 Å². The third-order valence-corrected chi connectivity index (χ3v) is 6.83. The van der Waals surface area contributed by atoms with Gasteiger partial charge in [-0.2, -0.15) is 0 Å². The van der Waals surface area contributed by atoms with Crippen molar-refractivity contribution in [2.45, 2.75) is 25.8 Å². The molecular weight excluding hydrogens is 462 g/mol. The van der Waals surface area contributed by atoms with Crippen molar-refractivity contribution in [3.05, 3.63) is 47.0 Å². The molecule has 0 unspecified atom stereocenters. The standard InChI is InChI=1S/C27H37N3O6/c1-8-30(9-2)13-12-28-26(31)24-18-15-22(35-6)23(36-7)16-19(18)27(32)29(3)25(24)17-10-11-20(33-4)21(14-17)34-5/h10-11,14-16,24-25H,8-9,12-13H2,1-7H3,(H,28,31)/t24-,25+/m0/s1. The molecule has 0 saturated heterocycles. The summed E-state index contributed by atoms with van der Waals surface area (Å²) >= 11 is 0. The highest BCUT2D eigenvalue weighted by atomic mass is 16.5. The Morgan fingerprint density at radius 2 is 1.50 bits per heavy atom. The maximum Gasteiger partial charge on any atom is 0.254 e. The molecule has 3 rings (SSSR count). The molecule has 2 atom stereocenters. The minimum Gasteiger partial charge on any atom is -0.493 e. The summed E-state index contributed by atoms with van der Waals surface area (Å²) in [5, 5.41) is 3.10. The van der Waals surface area contributed by atoms with Gasteiger partial charge in [-0.3, -0.25) is 9.59 Å². The summed E-state index contributed by atoms with van der Waals surface area (Å²) in [6.07, 6.45) is 0. The number of carbonyl (C=O) groups is 2. The van der Waals surface area contributed by atoms with Crippen molar-refractivity contribution in [3.8, 4) is 23.0 Å². The third kappa shape index (κ3) is 5.21. The largest absolute Gasteiger partial charge is 0.493 e. The number of carbonyl (C=O) groups excluding carboxylic acids is 2. The molecule has 0 aromatic heterocycles. The molecule has 196 valence electrons. The van der Waals surface area contributed by atoms with E-state index < -0.39 is 12.0 Å². The number of benzene rings is 2. The molecule has 0 aliphatic carbocycles. The van der Waals surface area contributed by atoms with Crippen LogP contribution < -0.4 is 24.3 Å². The molecule has 2 amide bonds. The van der Waals surface area contributed by atoms with Crippen molar-refractivity contribution in [1.82, 2.24) is 15.1 Å². The third-order valence-electron chi connectivity index (χ3n) is 6.83. The van der Waals surface area contributed by atoms with Crippen LogP contribution in [0.15, 0.2) is 30.3 Å². The van der Waals surface area contributed by atoms with Gasteiger partial charge in [0.2, 0.25) is 5.91 Å². The molecule has 9 nitrogen and oxygen atoms in total. The van der Waals surface area contributed by atoms with Crippen molar-refractivity contribution >= 4 is 11.8 Å². The summed E-state index contributed by atoms with van der Waals surface area (Å²) in [6, 6.07) is 8.27. The molecule has 0 spiro atoms. The van der Waals surface area contributed by atoms with E-state index in [0.717, 1.165) is 25.2 Å². The number of amides is 2. The fraction of sp³-hybridized carbons (Fsp3) is 0.481. The first kappa shape index (κ1) is 27.1. The number of likely N-dealkylation sites (N-methyl/N-ethyl adjacent to an activating group) is 2. The number of nitrogens with one attached hydrogen (secondary N) is 1. The first-order valence-electron chi connectivity index (χ1n) is 12.1. The first-order valence-corrected chi connectivity index (χ1v) is 12.1. The van der Waals surface area contributed by atoms with Crippen LogP contribution in [0.25, 0.3) is 0 Å². The summed E-state index contributed by atoms with van der Waals surface area (Å²) < 4.78 is 21.8. The zero-order valence-corrected chi connectivity index (χ0v) is 22.2. The van der Waals surface area contributed by atoms with Crippen molar-refractivity contribution in [2.75, 3.05) is 61.7 Å². The number of hydrogen-bond donors (Lipinski definition) is 1. The summed E-state index contributed by atoms with van der Waals surface area (Å²) in [5.41, 5.74) is 1.76. The lowest BCUT2D eigenvalue weighted by molar-refractivity contribution is -0.124. The van der Waals surface area contributed by atoms with Gasteiger partial charge in [0.25, 0.3) is 5.91 Å². The Morgan fingerprint density at radius 3 is 2.08 bits per heavy atom. The van der Waals surface area contributed by atoms with Crippen LogP contribution in [0.4, 0.5) is 0 Å². The van der Waals surface area contributed by atoms with Crippen molar-refractivity contribution < 1.29 is 28.5 Å². The lowest BCUT2D eigenvalue weighted by Gasteiger charge is -2.40. The van der Waals surface area contributed by atoms with Gasteiger partial charge in [-0.05, 0) is 48.5 Å². The maximum atomic E-state index is 13.8. The minimum absolute atomic E-state index is 0.172. The Morgan fingerprint density at radius 1 is 0.917 bits per heavy atom. The molecule has 0 radical (unpaired) electrons. The fourth-order valence-electron chi connectivity index (χ4n) is 4.77. The van der Waals surface area contributed by atoms with Gasteiger partial charge in [0, 0.05) is 25.7 Å². The van der Waals surface area contributed by atoms with Gasteiger partial charge in [-0.1, -0.05) is 19.9 Å². The van der Waals surface area contributed by atoms with E-state index in [0.29, 0.717) is 40.7 Å². The summed E-state index contributed by atoms with van der Waals surface area (Å²) in [4.78, 5) is 31.2. The Hall–Kier alpha value is -3.46. The zero-order valence-electron chi connectivity index (χ0n) is 22.2. The second-order valence-corrected chi connectivity index (χ2v) is 8.57. The van der Waals surface area contributed by atoms with Crippen LogP contribution in [0.2, 0.25) is 0 Å². The van der Waals surface area contributed by atoms with Crippen LogP contribution in [0.5, 0.6) is 23.0 Å². The summed E-state index contributed by atoms with van der Waals surface area (Å²) in [7, 11) is 7.88. The van der Waals surface area contributed by atoms with Gasteiger partial charge in [-0.15, -0.1) is 0 Å². The Labute approximate surface area is 213 Å². The van der Waals surface area contributed by atoms with Crippen LogP contribution in [-0.2, 0) is 4.79 Å². The predicted molar refractivity (Wildman–Crippen MR) is 137 cm³/mol. The van der Waals surface area contributed by atoms with Gasteiger partial charge in [0.05, 0.1) is 40.4 Å². The van der Waals surface area contributed by atoms with E-state index in [1.807, 2.05) is 12.1 Å². The molecule has 9 heteroatoms. The minimum atomic E-state index is -0.683. The predicted octanol–water partition coefficient (Wildman–Crippen LogP) is 3.09. The Balaban J connectivity index is 2.12. The molecule has 2 aromatic carbocycles. The number of hydrogen-bond acceptors (Lipinski definition) is 7. The highest BCUT2D eigenvalue weighted by Crippen LogP contribution is 2.46.